The highest BCUT2D eigenvalue weighted by atomic mass is 19.1. The standard InChI is InChI=1S/C18H25FN2O2/c1-2-3-4-5-6-7-8-16(18(20)23)21-17(22)13-14-9-11-15(19)12-10-14/h2,9-12,16H,1,3-8,13H2,(H2,20,23)(H,21,22)/t16-/m0/s1. The van der Waals surface area contributed by atoms with Crippen molar-refractivity contribution in [3.63, 3.8) is 0 Å². The Balaban J connectivity index is 2.36. The second kappa shape index (κ2) is 10.5. The first-order valence-corrected chi connectivity index (χ1v) is 7.97. The van der Waals surface area contributed by atoms with Crippen molar-refractivity contribution in [2.45, 2.75) is 51.0 Å². The minimum Gasteiger partial charge on any atom is -0.368 e. The number of hydrogen-bond donors (Lipinski definition) is 2. The van der Waals surface area contributed by atoms with Crippen LogP contribution in [0.3, 0.4) is 0 Å². The predicted molar refractivity (Wildman–Crippen MR) is 89.1 cm³/mol. The molecule has 0 aliphatic rings. The highest BCUT2D eigenvalue weighted by Gasteiger charge is 2.17. The van der Waals surface area contributed by atoms with E-state index in [1.165, 1.54) is 12.1 Å². The summed E-state index contributed by atoms with van der Waals surface area (Å²) in [5.74, 6) is -1.16. The number of unbranched alkanes of at least 4 members (excludes halogenated alkanes) is 4. The Bertz CT molecular complexity index is 514. The quantitative estimate of drug-likeness (QED) is 0.486. The van der Waals surface area contributed by atoms with Crippen LogP contribution in [0.25, 0.3) is 0 Å². The minimum atomic E-state index is -0.651. The summed E-state index contributed by atoms with van der Waals surface area (Å²) in [6.07, 6.45) is 7.51. The maximum Gasteiger partial charge on any atom is 0.239 e. The molecule has 1 atom stereocenters. The molecule has 0 unspecified atom stereocenters. The summed E-state index contributed by atoms with van der Waals surface area (Å²) in [6.45, 7) is 3.67. The van der Waals surface area contributed by atoms with E-state index in [1.54, 1.807) is 12.1 Å². The second-order valence-electron chi connectivity index (χ2n) is 5.61. The number of hydrogen-bond acceptors (Lipinski definition) is 2. The second-order valence-corrected chi connectivity index (χ2v) is 5.61. The third kappa shape index (κ3) is 8.14. The summed E-state index contributed by atoms with van der Waals surface area (Å²) in [6, 6.07) is 5.05. The highest BCUT2D eigenvalue weighted by Crippen LogP contribution is 2.09. The van der Waals surface area contributed by atoms with Crippen LogP contribution in [0.4, 0.5) is 4.39 Å². The number of amides is 2. The topological polar surface area (TPSA) is 72.2 Å². The fourth-order valence-corrected chi connectivity index (χ4v) is 2.31. The molecule has 5 heteroatoms. The molecule has 1 rings (SSSR count). The number of halogens is 1. The van der Waals surface area contributed by atoms with E-state index in [9.17, 15) is 14.0 Å². The molecule has 0 saturated heterocycles. The molecule has 3 N–H and O–H groups in total. The normalized spacial score (nSPS) is 11.7. The average molecular weight is 320 g/mol. The number of carbonyl (C=O) groups is 2. The maximum atomic E-state index is 12.8. The van der Waals surface area contributed by atoms with Gasteiger partial charge >= 0.3 is 0 Å². The van der Waals surface area contributed by atoms with Crippen LogP contribution in [0.15, 0.2) is 36.9 Å². The van der Waals surface area contributed by atoms with E-state index in [-0.39, 0.29) is 18.1 Å². The molecule has 0 aromatic heterocycles. The van der Waals surface area contributed by atoms with Gasteiger partial charge in [-0.2, -0.15) is 0 Å². The van der Waals surface area contributed by atoms with Crippen LogP contribution in [-0.4, -0.2) is 17.9 Å². The fourth-order valence-electron chi connectivity index (χ4n) is 2.31. The minimum absolute atomic E-state index is 0.101. The number of rotatable bonds is 11. The third-order valence-corrected chi connectivity index (χ3v) is 3.61. The molecule has 0 fully saturated rings. The Morgan fingerprint density at radius 2 is 1.83 bits per heavy atom. The van der Waals surface area contributed by atoms with E-state index >= 15 is 0 Å². The van der Waals surface area contributed by atoms with Crippen LogP contribution in [0.1, 0.15) is 44.1 Å². The summed E-state index contributed by atoms with van der Waals surface area (Å²) < 4.78 is 12.8. The smallest absolute Gasteiger partial charge is 0.239 e. The van der Waals surface area contributed by atoms with Crippen LogP contribution in [-0.2, 0) is 16.0 Å². The first-order chi connectivity index (χ1) is 11.0. The van der Waals surface area contributed by atoms with Crippen LogP contribution < -0.4 is 11.1 Å². The Kier molecular flexibility index (Phi) is 8.65. The molecule has 0 radical (unpaired) electrons. The van der Waals surface area contributed by atoms with Gasteiger partial charge in [0.2, 0.25) is 11.8 Å². The predicted octanol–water partition coefficient (Wildman–Crippen LogP) is 2.86. The lowest BCUT2D eigenvalue weighted by Crippen LogP contribution is -2.44. The SMILES string of the molecule is C=CCCCCCC[C@H](NC(=O)Cc1ccc(F)cc1)C(N)=O. The molecule has 0 aliphatic carbocycles. The van der Waals surface area contributed by atoms with Gasteiger partial charge in [0.05, 0.1) is 6.42 Å². The Morgan fingerprint density at radius 3 is 2.43 bits per heavy atom. The zero-order valence-electron chi connectivity index (χ0n) is 13.4. The molecular formula is C18H25FN2O2. The van der Waals surface area contributed by atoms with Gasteiger partial charge in [-0.05, 0) is 37.0 Å². The molecule has 23 heavy (non-hydrogen) atoms. The largest absolute Gasteiger partial charge is 0.368 e. The van der Waals surface area contributed by atoms with Gasteiger partial charge in [-0.3, -0.25) is 9.59 Å². The molecule has 0 aliphatic heterocycles. The van der Waals surface area contributed by atoms with Gasteiger partial charge in [0.1, 0.15) is 11.9 Å². The summed E-state index contributed by atoms with van der Waals surface area (Å²) in [5, 5.41) is 2.66. The summed E-state index contributed by atoms with van der Waals surface area (Å²) >= 11 is 0. The molecule has 4 nitrogen and oxygen atoms in total. The molecule has 0 bridgehead atoms. The summed E-state index contributed by atoms with van der Waals surface area (Å²) in [7, 11) is 0. The Morgan fingerprint density at radius 1 is 1.17 bits per heavy atom. The van der Waals surface area contributed by atoms with Crippen molar-refractivity contribution in [3.05, 3.63) is 48.3 Å². The van der Waals surface area contributed by atoms with E-state index in [4.69, 9.17) is 5.73 Å². The molecule has 126 valence electrons. The number of primary amides is 1. The van der Waals surface area contributed by atoms with Gasteiger partial charge in [0.15, 0.2) is 0 Å². The summed E-state index contributed by atoms with van der Waals surface area (Å²) in [5.41, 5.74) is 6.04. The monoisotopic (exact) mass is 320 g/mol. The highest BCUT2D eigenvalue weighted by molar-refractivity contribution is 5.87. The average Bonchev–Trinajstić information content (AvgIpc) is 2.51. The van der Waals surface area contributed by atoms with E-state index in [1.807, 2.05) is 6.08 Å². The van der Waals surface area contributed by atoms with Gasteiger partial charge < -0.3 is 11.1 Å². The lowest BCUT2D eigenvalue weighted by Gasteiger charge is -2.15. The van der Waals surface area contributed by atoms with Crippen LogP contribution >= 0.6 is 0 Å². The zero-order chi connectivity index (χ0) is 17.1. The van der Waals surface area contributed by atoms with Crippen molar-refractivity contribution < 1.29 is 14.0 Å². The van der Waals surface area contributed by atoms with Crippen molar-refractivity contribution in [1.82, 2.24) is 5.32 Å². The van der Waals surface area contributed by atoms with Crippen molar-refractivity contribution in [2.24, 2.45) is 5.73 Å². The molecule has 0 saturated carbocycles. The first kappa shape index (κ1) is 18.9. The number of nitrogens with two attached hydrogens (primary N) is 1. The van der Waals surface area contributed by atoms with Gasteiger partial charge in [-0.1, -0.05) is 37.5 Å². The van der Waals surface area contributed by atoms with Gasteiger partial charge in [-0.15, -0.1) is 6.58 Å². The lowest BCUT2D eigenvalue weighted by atomic mass is 10.0. The van der Waals surface area contributed by atoms with E-state index < -0.39 is 11.9 Å². The summed E-state index contributed by atoms with van der Waals surface area (Å²) in [4.78, 5) is 23.4. The number of carbonyl (C=O) groups excluding carboxylic acids is 2. The van der Waals surface area contributed by atoms with Gasteiger partial charge in [-0.25, -0.2) is 4.39 Å². The van der Waals surface area contributed by atoms with E-state index in [2.05, 4.69) is 11.9 Å². The van der Waals surface area contributed by atoms with Crippen molar-refractivity contribution in [1.29, 1.82) is 0 Å². The molecule has 2 amide bonds. The third-order valence-electron chi connectivity index (χ3n) is 3.61. The van der Waals surface area contributed by atoms with Gasteiger partial charge in [0.25, 0.3) is 0 Å². The lowest BCUT2D eigenvalue weighted by molar-refractivity contribution is -0.127. The first-order valence-electron chi connectivity index (χ1n) is 7.97. The van der Waals surface area contributed by atoms with Crippen molar-refractivity contribution in [3.8, 4) is 0 Å². The molecule has 1 aromatic carbocycles. The van der Waals surface area contributed by atoms with Gasteiger partial charge in [0, 0.05) is 0 Å². The number of nitrogens with one attached hydrogen (secondary N) is 1. The molecule has 0 heterocycles. The molecule has 1 aromatic rings. The number of benzene rings is 1. The van der Waals surface area contributed by atoms with Crippen LogP contribution in [0.5, 0.6) is 0 Å². The van der Waals surface area contributed by atoms with E-state index in [0.717, 1.165) is 32.1 Å². The Labute approximate surface area is 136 Å². The van der Waals surface area contributed by atoms with Crippen LogP contribution in [0.2, 0.25) is 0 Å². The van der Waals surface area contributed by atoms with Crippen LogP contribution in [0, 0.1) is 5.82 Å². The Hall–Kier alpha value is -2.17. The maximum absolute atomic E-state index is 12.8. The zero-order valence-corrected chi connectivity index (χ0v) is 13.4. The van der Waals surface area contributed by atoms with Crippen molar-refractivity contribution in [2.75, 3.05) is 0 Å². The van der Waals surface area contributed by atoms with Crippen molar-refractivity contribution >= 4 is 11.8 Å². The number of allylic oxidation sites excluding steroid dienone is 1. The fraction of sp³-hybridized carbons (Fsp3) is 0.444. The van der Waals surface area contributed by atoms with E-state index in [0.29, 0.717) is 12.0 Å². The molecule has 0 spiro atoms. The molecular weight excluding hydrogens is 295 g/mol.